The van der Waals surface area contributed by atoms with Gasteiger partial charge in [-0.05, 0) is 30.2 Å². The average Bonchev–Trinajstić information content (AvgIpc) is 3.01. The molecule has 7 heteroatoms. The second-order valence-corrected chi connectivity index (χ2v) is 8.40. The van der Waals surface area contributed by atoms with Crippen LogP contribution in [0.3, 0.4) is 0 Å². The highest BCUT2D eigenvalue weighted by molar-refractivity contribution is 6.35. The molecule has 0 bridgehead atoms. The molecule has 2 heterocycles. The molecule has 6 nitrogen and oxygen atoms in total. The van der Waals surface area contributed by atoms with Gasteiger partial charge < -0.3 is 10.0 Å². The van der Waals surface area contributed by atoms with Crippen molar-refractivity contribution in [2.45, 2.75) is 13.5 Å². The number of aliphatic hydroxyl groups is 1. The van der Waals surface area contributed by atoms with Gasteiger partial charge in [-0.2, -0.15) is 0 Å². The lowest BCUT2D eigenvalue weighted by Crippen LogP contribution is -2.48. The molecule has 1 fully saturated rings. The predicted octanol–water partition coefficient (Wildman–Crippen LogP) is 2.54. The first-order valence-electron chi connectivity index (χ1n) is 10.5. The third-order valence-electron chi connectivity index (χ3n) is 5.84. The lowest BCUT2D eigenvalue weighted by Gasteiger charge is -2.36. The van der Waals surface area contributed by atoms with Crippen molar-refractivity contribution in [2.24, 2.45) is 0 Å². The van der Waals surface area contributed by atoms with Gasteiger partial charge >= 0.3 is 0 Å². The van der Waals surface area contributed by atoms with E-state index in [-0.39, 0.29) is 25.0 Å². The summed E-state index contributed by atoms with van der Waals surface area (Å²) in [7, 11) is 0. The topological polar surface area (TPSA) is 64.1 Å². The van der Waals surface area contributed by atoms with Crippen molar-refractivity contribution in [2.75, 3.05) is 39.3 Å². The molecule has 0 aromatic heterocycles. The zero-order chi connectivity index (χ0) is 22.0. The smallest absolute Gasteiger partial charge is 0.278 e. The first-order chi connectivity index (χ1) is 15.0. The zero-order valence-electron chi connectivity index (χ0n) is 17.6. The number of aliphatic hydroxyl groups excluding tert-OH is 1. The van der Waals surface area contributed by atoms with Crippen LogP contribution in [0.25, 0.3) is 5.57 Å². The SMILES string of the molecule is Cc1ccc(C2=C(N3CCN(CCO)CC3)C(=O)N(Cc3ccc(Cl)cc3)C2=O)cc1. The minimum Gasteiger partial charge on any atom is -0.395 e. The summed E-state index contributed by atoms with van der Waals surface area (Å²) in [6.07, 6.45) is 0. The van der Waals surface area contributed by atoms with Gasteiger partial charge in [-0.15, -0.1) is 0 Å². The zero-order valence-corrected chi connectivity index (χ0v) is 18.3. The maximum atomic E-state index is 13.5. The number of rotatable bonds is 6. The van der Waals surface area contributed by atoms with Crippen molar-refractivity contribution in [3.8, 4) is 0 Å². The van der Waals surface area contributed by atoms with Crippen molar-refractivity contribution in [3.63, 3.8) is 0 Å². The molecule has 0 atom stereocenters. The second kappa shape index (κ2) is 9.22. The Morgan fingerprint density at radius 2 is 1.55 bits per heavy atom. The van der Waals surface area contributed by atoms with E-state index in [9.17, 15) is 14.7 Å². The molecule has 2 aromatic rings. The molecule has 2 aliphatic heterocycles. The number of amides is 2. The number of benzene rings is 2. The molecule has 31 heavy (non-hydrogen) atoms. The summed E-state index contributed by atoms with van der Waals surface area (Å²) < 4.78 is 0. The summed E-state index contributed by atoms with van der Waals surface area (Å²) in [4.78, 5) is 32.4. The molecule has 0 aliphatic carbocycles. The van der Waals surface area contributed by atoms with Gasteiger partial charge in [0, 0.05) is 37.7 Å². The van der Waals surface area contributed by atoms with Crippen molar-refractivity contribution in [1.82, 2.24) is 14.7 Å². The normalized spacial score (nSPS) is 17.8. The van der Waals surface area contributed by atoms with Crippen LogP contribution in [0.5, 0.6) is 0 Å². The molecule has 0 spiro atoms. The van der Waals surface area contributed by atoms with Gasteiger partial charge in [-0.1, -0.05) is 53.6 Å². The molecule has 0 unspecified atom stereocenters. The van der Waals surface area contributed by atoms with E-state index >= 15 is 0 Å². The third-order valence-corrected chi connectivity index (χ3v) is 6.09. The Morgan fingerprint density at radius 3 is 2.16 bits per heavy atom. The number of piperazine rings is 1. The first-order valence-corrected chi connectivity index (χ1v) is 10.9. The van der Waals surface area contributed by atoms with Gasteiger partial charge in [0.15, 0.2) is 0 Å². The molecule has 0 radical (unpaired) electrons. The molecule has 1 N–H and O–H groups in total. The minimum absolute atomic E-state index is 0.115. The third kappa shape index (κ3) is 4.51. The number of aryl methyl sites for hydroxylation is 1. The number of halogens is 1. The Kier molecular flexibility index (Phi) is 6.41. The molecule has 2 amide bonds. The number of β-amino-alcohol motifs (C(OH)–C–C–N with tert-alkyl or cyclic N) is 1. The van der Waals surface area contributed by atoms with Crippen molar-refractivity contribution < 1.29 is 14.7 Å². The fourth-order valence-corrected chi connectivity index (χ4v) is 4.22. The van der Waals surface area contributed by atoms with E-state index in [1.165, 1.54) is 4.90 Å². The largest absolute Gasteiger partial charge is 0.395 e. The standard InChI is InChI=1S/C24H26ClN3O3/c1-17-2-6-19(7-3-17)21-22(27-12-10-26(11-13-27)14-15-29)24(31)28(23(21)30)16-18-4-8-20(25)9-5-18/h2-9,29H,10-16H2,1H3. The molecule has 0 saturated carbocycles. The number of nitrogens with zero attached hydrogens (tertiary/aromatic N) is 3. The Hall–Kier alpha value is -2.67. The summed E-state index contributed by atoms with van der Waals surface area (Å²) in [6.45, 7) is 5.69. The quantitative estimate of drug-likeness (QED) is 0.701. The van der Waals surface area contributed by atoms with E-state index in [2.05, 4.69) is 4.90 Å². The van der Waals surface area contributed by atoms with E-state index < -0.39 is 0 Å². The molecule has 2 aliphatic rings. The number of carbonyl (C=O) groups is 2. The van der Waals surface area contributed by atoms with E-state index in [1.54, 1.807) is 12.1 Å². The van der Waals surface area contributed by atoms with Crippen LogP contribution in [0, 0.1) is 6.92 Å². The molecular formula is C24H26ClN3O3. The number of hydrogen-bond acceptors (Lipinski definition) is 5. The van der Waals surface area contributed by atoms with Crippen LogP contribution in [0.4, 0.5) is 0 Å². The van der Waals surface area contributed by atoms with Gasteiger partial charge in [0.25, 0.3) is 11.8 Å². The van der Waals surface area contributed by atoms with Crippen molar-refractivity contribution in [3.05, 3.63) is 75.9 Å². The highest BCUT2D eigenvalue weighted by Gasteiger charge is 2.42. The number of hydrogen-bond donors (Lipinski definition) is 1. The van der Waals surface area contributed by atoms with Crippen LogP contribution in [-0.4, -0.2) is 71.0 Å². The van der Waals surface area contributed by atoms with E-state index in [1.807, 2.05) is 48.2 Å². The highest BCUT2D eigenvalue weighted by Crippen LogP contribution is 2.33. The van der Waals surface area contributed by atoms with Gasteiger partial charge in [0.05, 0.1) is 18.7 Å². The summed E-state index contributed by atoms with van der Waals surface area (Å²) in [6, 6.07) is 14.9. The number of carbonyl (C=O) groups excluding carboxylic acids is 2. The van der Waals surface area contributed by atoms with Crippen LogP contribution >= 0.6 is 11.6 Å². The van der Waals surface area contributed by atoms with Crippen LogP contribution in [0.1, 0.15) is 16.7 Å². The Balaban J connectivity index is 1.66. The Morgan fingerprint density at radius 1 is 0.903 bits per heavy atom. The summed E-state index contributed by atoms with van der Waals surface area (Å²) >= 11 is 5.98. The Bertz CT molecular complexity index is 994. The van der Waals surface area contributed by atoms with Gasteiger partial charge in [0.2, 0.25) is 0 Å². The molecular weight excluding hydrogens is 414 g/mol. The minimum atomic E-state index is -0.267. The molecule has 162 valence electrons. The highest BCUT2D eigenvalue weighted by atomic mass is 35.5. The van der Waals surface area contributed by atoms with E-state index in [0.717, 1.165) is 29.8 Å². The summed E-state index contributed by atoms with van der Waals surface area (Å²) in [5.41, 5.74) is 3.65. The fourth-order valence-electron chi connectivity index (χ4n) is 4.09. The van der Waals surface area contributed by atoms with Crippen molar-refractivity contribution in [1.29, 1.82) is 0 Å². The Labute approximate surface area is 187 Å². The molecule has 4 rings (SSSR count). The monoisotopic (exact) mass is 439 g/mol. The van der Waals surface area contributed by atoms with Crippen LogP contribution < -0.4 is 0 Å². The maximum absolute atomic E-state index is 13.5. The van der Waals surface area contributed by atoms with Gasteiger partial charge in [0.1, 0.15) is 5.70 Å². The van der Waals surface area contributed by atoms with E-state index in [4.69, 9.17) is 11.6 Å². The first kappa shape index (κ1) is 21.6. The van der Waals surface area contributed by atoms with Crippen LogP contribution in [0.2, 0.25) is 5.02 Å². The fraction of sp³-hybridized carbons (Fsp3) is 0.333. The predicted molar refractivity (Wildman–Crippen MR) is 120 cm³/mol. The summed E-state index contributed by atoms with van der Waals surface area (Å²) in [5.74, 6) is -0.525. The van der Waals surface area contributed by atoms with Crippen LogP contribution in [-0.2, 0) is 16.1 Å². The lowest BCUT2D eigenvalue weighted by molar-refractivity contribution is -0.138. The molecule has 2 aromatic carbocycles. The van der Waals surface area contributed by atoms with Gasteiger partial charge in [-0.3, -0.25) is 19.4 Å². The lowest BCUT2D eigenvalue weighted by atomic mass is 10.0. The average molecular weight is 440 g/mol. The molecule has 1 saturated heterocycles. The second-order valence-electron chi connectivity index (χ2n) is 7.96. The van der Waals surface area contributed by atoms with Crippen molar-refractivity contribution >= 4 is 29.0 Å². The van der Waals surface area contributed by atoms with E-state index in [0.29, 0.717) is 35.9 Å². The van der Waals surface area contributed by atoms with Crippen LogP contribution in [0.15, 0.2) is 54.2 Å². The van der Waals surface area contributed by atoms with Gasteiger partial charge in [-0.25, -0.2) is 0 Å². The maximum Gasteiger partial charge on any atom is 0.278 e. The summed E-state index contributed by atoms with van der Waals surface area (Å²) in [5, 5.41) is 9.81. The number of imide groups is 1.